The van der Waals surface area contributed by atoms with Crippen molar-refractivity contribution in [2.24, 2.45) is 17.3 Å². The summed E-state index contributed by atoms with van der Waals surface area (Å²) in [6, 6.07) is 0.0696. The van der Waals surface area contributed by atoms with Gasteiger partial charge in [-0.3, -0.25) is 9.59 Å². The Labute approximate surface area is 107 Å². The third-order valence-corrected chi connectivity index (χ3v) is 5.08. The van der Waals surface area contributed by atoms with E-state index in [0.29, 0.717) is 5.92 Å². The summed E-state index contributed by atoms with van der Waals surface area (Å²) in [6.07, 6.45) is 5.81. The van der Waals surface area contributed by atoms with Crippen molar-refractivity contribution < 1.29 is 9.59 Å². The van der Waals surface area contributed by atoms with E-state index in [9.17, 15) is 9.59 Å². The largest absolute Gasteiger partial charge is 0.349 e. The molecule has 0 aromatic rings. The van der Waals surface area contributed by atoms with Gasteiger partial charge < -0.3 is 5.32 Å². The summed E-state index contributed by atoms with van der Waals surface area (Å²) in [5.74, 6) is 0.657. The fraction of sp³-hybridized carbons (Fsp3) is 0.600. The number of ketones is 1. The zero-order valence-electron chi connectivity index (χ0n) is 11.1. The van der Waals surface area contributed by atoms with E-state index < -0.39 is 0 Å². The Morgan fingerprint density at radius 3 is 2.83 bits per heavy atom. The molecule has 1 amide bonds. The van der Waals surface area contributed by atoms with Crippen LogP contribution in [0, 0.1) is 17.3 Å². The number of hydrogen-bond donors (Lipinski definition) is 1. The topological polar surface area (TPSA) is 46.2 Å². The normalized spacial score (nSPS) is 42.7. The van der Waals surface area contributed by atoms with Crippen LogP contribution >= 0.6 is 0 Å². The molecule has 3 nitrogen and oxygen atoms in total. The molecule has 1 unspecified atom stereocenters. The van der Waals surface area contributed by atoms with Crippen molar-refractivity contribution in [3.63, 3.8) is 0 Å². The molecule has 2 aliphatic carbocycles. The molecule has 0 aromatic heterocycles. The first kappa shape index (κ1) is 11.7. The maximum atomic E-state index is 11.9. The summed E-state index contributed by atoms with van der Waals surface area (Å²) >= 11 is 0. The lowest BCUT2D eigenvalue weighted by Crippen LogP contribution is -2.44. The first-order valence-electron chi connectivity index (χ1n) is 6.69. The molecule has 1 saturated heterocycles. The standard InChI is InChI=1S/C15H19NO2/c1-8-10-4-6-15(3)7-5-11(17)9(2)12(15)13(10)16-14(8)18/h5,7-8,10,13H,4,6H2,1-3H3,(H,16,18)/t8-,10-,13?,15-/m0/s1. The zero-order valence-corrected chi connectivity index (χ0v) is 11.1. The highest BCUT2D eigenvalue weighted by Gasteiger charge is 2.50. The molecule has 0 aromatic carbocycles. The Balaban J connectivity index is 2.10. The van der Waals surface area contributed by atoms with E-state index in [2.05, 4.69) is 12.2 Å². The van der Waals surface area contributed by atoms with E-state index in [-0.39, 0.29) is 29.1 Å². The lowest BCUT2D eigenvalue weighted by molar-refractivity contribution is -0.122. The number of carbonyl (C=O) groups is 2. The Hall–Kier alpha value is -1.38. The van der Waals surface area contributed by atoms with E-state index in [4.69, 9.17) is 0 Å². The van der Waals surface area contributed by atoms with Gasteiger partial charge in [0, 0.05) is 11.3 Å². The molecule has 0 spiro atoms. The predicted molar refractivity (Wildman–Crippen MR) is 68.8 cm³/mol. The van der Waals surface area contributed by atoms with E-state index in [0.717, 1.165) is 24.0 Å². The van der Waals surface area contributed by atoms with Crippen LogP contribution in [0.2, 0.25) is 0 Å². The van der Waals surface area contributed by atoms with Gasteiger partial charge in [-0.25, -0.2) is 0 Å². The van der Waals surface area contributed by atoms with Crippen LogP contribution in [-0.4, -0.2) is 17.7 Å². The minimum absolute atomic E-state index is 0.0451. The van der Waals surface area contributed by atoms with Crippen molar-refractivity contribution >= 4 is 11.7 Å². The number of rotatable bonds is 0. The van der Waals surface area contributed by atoms with Gasteiger partial charge in [0.25, 0.3) is 0 Å². The molecular weight excluding hydrogens is 226 g/mol. The first-order chi connectivity index (χ1) is 8.44. The second-order valence-electron chi connectivity index (χ2n) is 6.13. The Morgan fingerprint density at radius 1 is 1.39 bits per heavy atom. The average Bonchev–Trinajstić information content (AvgIpc) is 2.60. The number of nitrogens with one attached hydrogen (secondary N) is 1. The Bertz CT molecular complexity index is 503. The monoisotopic (exact) mass is 245 g/mol. The van der Waals surface area contributed by atoms with Gasteiger partial charge in [-0.15, -0.1) is 0 Å². The minimum atomic E-state index is -0.0451. The molecule has 3 aliphatic rings. The van der Waals surface area contributed by atoms with Gasteiger partial charge in [-0.2, -0.15) is 0 Å². The van der Waals surface area contributed by atoms with Crippen LogP contribution in [0.1, 0.15) is 33.6 Å². The molecular formula is C15H19NO2. The number of carbonyl (C=O) groups excluding carboxylic acids is 2. The highest BCUT2D eigenvalue weighted by molar-refractivity contribution is 6.06. The molecule has 1 aliphatic heterocycles. The molecule has 0 radical (unpaired) electrons. The van der Waals surface area contributed by atoms with E-state index in [1.807, 2.05) is 19.9 Å². The van der Waals surface area contributed by atoms with Crippen LogP contribution < -0.4 is 5.32 Å². The number of fused-ring (bicyclic) bond motifs is 3. The molecule has 4 atom stereocenters. The molecule has 2 fully saturated rings. The fourth-order valence-electron chi connectivity index (χ4n) is 3.89. The summed E-state index contributed by atoms with van der Waals surface area (Å²) in [5.41, 5.74) is 1.95. The lowest BCUT2D eigenvalue weighted by Gasteiger charge is -2.44. The highest BCUT2D eigenvalue weighted by atomic mass is 16.2. The van der Waals surface area contributed by atoms with Crippen LogP contribution in [-0.2, 0) is 9.59 Å². The lowest BCUT2D eigenvalue weighted by atomic mass is 9.61. The van der Waals surface area contributed by atoms with E-state index in [1.54, 1.807) is 6.08 Å². The fourth-order valence-corrected chi connectivity index (χ4v) is 3.89. The smallest absolute Gasteiger partial charge is 0.223 e. The Morgan fingerprint density at radius 2 is 2.11 bits per heavy atom. The van der Waals surface area contributed by atoms with Crippen LogP contribution in [0.5, 0.6) is 0 Å². The zero-order chi connectivity index (χ0) is 13.1. The number of allylic oxidation sites excluding steroid dienone is 3. The molecule has 1 heterocycles. The van der Waals surface area contributed by atoms with Crippen molar-refractivity contribution in [3.8, 4) is 0 Å². The van der Waals surface area contributed by atoms with Gasteiger partial charge in [0.05, 0.1) is 6.04 Å². The first-order valence-corrected chi connectivity index (χ1v) is 6.69. The molecule has 18 heavy (non-hydrogen) atoms. The van der Waals surface area contributed by atoms with Gasteiger partial charge in [0.2, 0.25) is 5.91 Å². The summed E-state index contributed by atoms with van der Waals surface area (Å²) in [4.78, 5) is 23.8. The number of amides is 1. The van der Waals surface area contributed by atoms with E-state index in [1.165, 1.54) is 0 Å². The molecule has 96 valence electrons. The quantitative estimate of drug-likeness (QED) is 0.709. The average molecular weight is 245 g/mol. The van der Waals surface area contributed by atoms with Gasteiger partial charge in [-0.05, 0) is 42.9 Å². The van der Waals surface area contributed by atoms with Gasteiger partial charge in [0.1, 0.15) is 0 Å². The Kier molecular flexibility index (Phi) is 2.31. The minimum Gasteiger partial charge on any atom is -0.349 e. The van der Waals surface area contributed by atoms with Crippen LogP contribution in [0.15, 0.2) is 23.3 Å². The van der Waals surface area contributed by atoms with Crippen molar-refractivity contribution in [3.05, 3.63) is 23.3 Å². The highest BCUT2D eigenvalue weighted by Crippen LogP contribution is 2.51. The van der Waals surface area contributed by atoms with Gasteiger partial charge >= 0.3 is 0 Å². The third-order valence-electron chi connectivity index (χ3n) is 5.08. The predicted octanol–water partition coefficient (Wildman–Crippen LogP) is 1.99. The maximum absolute atomic E-state index is 11.9. The molecule has 3 heteroatoms. The van der Waals surface area contributed by atoms with Gasteiger partial charge in [0.15, 0.2) is 5.78 Å². The summed E-state index contributed by atoms with van der Waals surface area (Å²) in [7, 11) is 0. The SMILES string of the molecule is CC1=C2C3NC(=O)[C@@H](C)[C@@H]3CC[C@@]2(C)C=CC1=O. The van der Waals surface area contributed by atoms with Crippen LogP contribution in [0.4, 0.5) is 0 Å². The van der Waals surface area contributed by atoms with Crippen LogP contribution in [0.3, 0.4) is 0 Å². The van der Waals surface area contributed by atoms with E-state index >= 15 is 0 Å². The number of hydrogen-bond acceptors (Lipinski definition) is 2. The van der Waals surface area contributed by atoms with Crippen molar-refractivity contribution in [2.75, 3.05) is 0 Å². The van der Waals surface area contributed by atoms with Crippen molar-refractivity contribution in [1.29, 1.82) is 0 Å². The summed E-state index contributed by atoms with van der Waals surface area (Å²) in [6.45, 7) is 6.08. The third kappa shape index (κ3) is 1.36. The summed E-state index contributed by atoms with van der Waals surface area (Å²) < 4.78 is 0. The van der Waals surface area contributed by atoms with Crippen LogP contribution in [0.25, 0.3) is 0 Å². The molecule has 3 rings (SSSR count). The maximum Gasteiger partial charge on any atom is 0.223 e. The van der Waals surface area contributed by atoms with Crippen molar-refractivity contribution in [1.82, 2.24) is 5.32 Å². The molecule has 1 saturated carbocycles. The second kappa shape index (κ2) is 3.56. The van der Waals surface area contributed by atoms with Gasteiger partial charge in [-0.1, -0.05) is 19.9 Å². The van der Waals surface area contributed by atoms with Crippen molar-refractivity contribution in [2.45, 2.75) is 39.7 Å². The summed E-state index contributed by atoms with van der Waals surface area (Å²) in [5, 5.41) is 3.10. The molecule has 0 bridgehead atoms. The second-order valence-corrected chi connectivity index (χ2v) is 6.13. The molecule has 1 N–H and O–H groups in total.